The molecule has 0 radical (unpaired) electrons. The Hall–Kier alpha value is -1.77. The Kier molecular flexibility index (Phi) is 7.54. The van der Waals surface area contributed by atoms with Crippen molar-refractivity contribution in [3.05, 3.63) is 35.9 Å². The zero-order valence-corrected chi connectivity index (χ0v) is 13.9. The van der Waals surface area contributed by atoms with E-state index in [4.69, 9.17) is 19.3 Å². The maximum absolute atomic E-state index is 13.5. The van der Waals surface area contributed by atoms with E-state index in [0.717, 1.165) is 5.56 Å². The van der Waals surface area contributed by atoms with Gasteiger partial charge in [-0.25, -0.2) is 13.6 Å². The molecule has 1 amide bonds. The molecule has 1 aliphatic heterocycles. The highest BCUT2D eigenvalue weighted by Crippen LogP contribution is 2.19. The molecule has 0 aromatic heterocycles. The van der Waals surface area contributed by atoms with Crippen LogP contribution in [0.4, 0.5) is 13.6 Å². The summed E-state index contributed by atoms with van der Waals surface area (Å²) in [6, 6.07) is 9.27. The predicted molar refractivity (Wildman–Crippen MR) is 85.4 cm³/mol. The van der Waals surface area contributed by atoms with Gasteiger partial charge in [-0.3, -0.25) is 0 Å². The van der Waals surface area contributed by atoms with Crippen molar-refractivity contribution in [1.82, 2.24) is 4.90 Å². The van der Waals surface area contributed by atoms with Crippen LogP contribution >= 0.6 is 0 Å². The molecule has 8 heteroatoms. The average molecular weight is 359 g/mol. The van der Waals surface area contributed by atoms with Crippen LogP contribution in [0.5, 0.6) is 0 Å². The van der Waals surface area contributed by atoms with Gasteiger partial charge in [0.1, 0.15) is 19.8 Å². The van der Waals surface area contributed by atoms with Crippen LogP contribution in [0, 0.1) is 0 Å². The quantitative estimate of drug-likeness (QED) is 0.648. The summed E-state index contributed by atoms with van der Waals surface area (Å²) >= 11 is 0. The SMILES string of the molecule is O=C(OCc1ccccc1)N1CC(OCC(F)(F)COCCCO)C1. The van der Waals surface area contributed by atoms with E-state index >= 15 is 0 Å². The van der Waals surface area contributed by atoms with E-state index in [1.54, 1.807) is 0 Å². The van der Waals surface area contributed by atoms with E-state index in [1.165, 1.54) is 4.90 Å². The summed E-state index contributed by atoms with van der Waals surface area (Å²) in [7, 11) is 0. The molecule has 1 N–H and O–H groups in total. The predicted octanol–water partition coefficient (Wildman–Crippen LogP) is 2.06. The standard InChI is InChI=1S/C17H23F2NO5/c18-17(19,12-23-8-4-7-21)13-25-15-9-20(10-15)16(22)24-11-14-5-2-1-3-6-14/h1-3,5-6,15,21H,4,7-13H2. The third-order valence-electron chi connectivity index (χ3n) is 3.60. The van der Waals surface area contributed by atoms with Gasteiger partial charge in [-0.1, -0.05) is 30.3 Å². The minimum atomic E-state index is -3.09. The summed E-state index contributed by atoms with van der Waals surface area (Å²) in [5.41, 5.74) is 0.880. The van der Waals surface area contributed by atoms with Gasteiger partial charge in [-0.2, -0.15) is 0 Å². The molecule has 25 heavy (non-hydrogen) atoms. The van der Waals surface area contributed by atoms with E-state index in [-0.39, 0.29) is 32.9 Å². The van der Waals surface area contributed by atoms with Crippen LogP contribution in [0.1, 0.15) is 12.0 Å². The zero-order chi connectivity index (χ0) is 18.1. The van der Waals surface area contributed by atoms with Crippen molar-refractivity contribution < 1.29 is 32.9 Å². The van der Waals surface area contributed by atoms with Crippen LogP contribution in [0.3, 0.4) is 0 Å². The molecule has 1 heterocycles. The van der Waals surface area contributed by atoms with Gasteiger partial charge >= 0.3 is 6.09 Å². The van der Waals surface area contributed by atoms with E-state index < -0.39 is 31.3 Å². The second-order valence-electron chi connectivity index (χ2n) is 5.86. The normalized spacial score (nSPS) is 15.1. The molecule has 0 saturated carbocycles. The first-order valence-corrected chi connectivity index (χ1v) is 8.14. The molecule has 0 aliphatic carbocycles. The molecule has 0 atom stereocenters. The Balaban J connectivity index is 1.57. The zero-order valence-electron chi connectivity index (χ0n) is 13.9. The highest BCUT2D eigenvalue weighted by atomic mass is 19.3. The number of amides is 1. The Bertz CT molecular complexity index is 523. The fraction of sp³-hybridized carbons (Fsp3) is 0.588. The van der Waals surface area contributed by atoms with Crippen molar-refractivity contribution >= 4 is 6.09 Å². The number of nitrogens with zero attached hydrogens (tertiary/aromatic N) is 1. The molecule has 1 aliphatic rings. The third kappa shape index (κ3) is 6.93. The number of aliphatic hydroxyl groups excluding tert-OH is 1. The Labute approximate surface area is 145 Å². The number of aliphatic hydroxyl groups is 1. The van der Waals surface area contributed by atoms with Crippen molar-refractivity contribution in [3.63, 3.8) is 0 Å². The number of ether oxygens (including phenoxy) is 3. The largest absolute Gasteiger partial charge is 0.445 e. The number of hydrogen-bond acceptors (Lipinski definition) is 5. The number of alkyl halides is 2. The van der Waals surface area contributed by atoms with Gasteiger partial charge in [0.15, 0.2) is 0 Å². The van der Waals surface area contributed by atoms with Gasteiger partial charge in [-0.15, -0.1) is 0 Å². The second kappa shape index (κ2) is 9.65. The van der Waals surface area contributed by atoms with Gasteiger partial charge in [0.2, 0.25) is 0 Å². The van der Waals surface area contributed by atoms with Gasteiger partial charge < -0.3 is 24.2 Å². The fourth-order valence-corrected chi connectivity index (χ4v) is 2.17. The number of likely N-dealkylation sites (tertiary alicyclic amines) is 1. The van der Waals surface area contributed by atoms with Crippen molar-refractivity contribution in [2.24, 2.45) is 0 Å². The van der Waals surface area contributed by atoms with E-state index in [0.29, 0.717) is 6.42 Å². The molecule has 0 spiro atoms. The lowest BCUT2D eigenvalue weighted by atomic mass is 10.2. The summed E-state index contributed by atoms with van der Waals surface area (Å²) < 4.78 is 42.1. The molecule has 1 fully saturated rings. The number of halogens is 2. The highest BCUT2D eigenvalue weighted by molar-refractivity contribution is 5.68. The van der Waals surface area contributed by atoms with Crippen LogP contribution in [-0.2, 0) is 20.8 Å². The maximum atomic E-state index is 13.5. The number of carbonyl (C=O) groups excluding carboxylic acids is 1. The van der Waals surface area contributed by atoms with Gasteiger partial charge in [0, 0.05) is 13.2 Å². The lowest BCUT2D eigenvalue weighted by Gasteiger charge is -2.38. The summed E-state index contributed by atoms with van der Waals surface area (Å²) in [5.74, 6) is -3.09. The van der Waals surface area contributed by atoms with E-state index in [2.05, 4.69) is 0 Å². The van der Waals surface area contributed by atoms with Crippen LogP contribution in [0.2, 0.25) is 0 Å². The topological polar surface area (TPSA) is 68.2 Å². The summed E-state index contributed by atoms with van der Waals surface area (Å²) in [6.45, 7) is -0.891. The van der Waals surface area contributed by atoms with Crippen molar-refractivity contribution in [1.29, 1.82) is 0 Å². The molecular formula is C17H23F2NO5. The number of hydrogen-bond donors (Lipinski definition) is 1. The molecule has 1 saturated heterocycles. The lowest BCUT2D eigenvalue weighted by Crippen LogP contribution is -2.55. The van der Waals surface area contributed by atoms with Gasteiger partial charge in [-0.05, 0) is 12.0 Å². The number of benzene rings is 1. The average Bonchev–Trinajstić information content (AvgIpc) is 2.56. The van der Waals surface area contributed by atoms with Crippen molar-refractivity contribution in [2.45, 2.75) is 25.1 Å². The van der Waals surface area contributed by atoms with Crippen LogP contribution in [0.15, 0.2) is 30.3 Å². The monoisotopic (exact) mass is 359 g/mol. The number of rotatable bonds is 10. The second-order valence-corrected chi connectivity index (χ2v) is 5.86. The van der Waals surface area contributed by atoms with Gasteiger partial charge in [0.05, 0.1) is 19.2 Å². The fourth-order valence-electron chi connectivity index (χ4n) is 2.17. The first kappa shape index (κ1) is 19.6. The minimum Gasteiger partial charge on any atom is -0.445 e. The molecule has 6 nitrogen and oxygen atoms in total. The molecule has 0 unspecified atom stereocenters. The van der Waals surface area contributed by atoms with E-state index in [1.807, 2.05) is 30.3 Å². The minimum absolute atomic E-state index is 0.0799. The van der Waals surface area contributed by atoms with Crippen molar-refractivity contribution in [2.75, 3.05) is 39.5 Å². The molecular weight excluding hydrogens is 336 g/mol. The highest BCUT2D eigenvalue weighted by Gasteiger charge is 2.36. The Morgan fingerprint density at radius 2 is 1.96 bits per heavy atom. The number of carbonyl (C=O) groups is 1. The molecule has 1 aromatic carbocycles. The Morgan fingerprint density at radius 1 is 1.24 bits per heavy atom. The first-order valence-electron chi connectivity index (χ1n) is 8.14. The Morgan fingerprint density at radius 3 is 2.64 bits per heavy atom. The van der Waals surface area contributed by atoms with Crippen LogP contribution in [0.25, 0.3) is 0 Å². The lowest BCUT2D eigenvalue weighted by molar-refractivity contribution is -0.155. The molecule has 0 bridgehead atoms. The van der Waals surface area contributed by atoms with E-state index in [9.17, 15) is 13.6 Å². The summed E-state index contributed by atoms with van der Waals surface area (Å²) in [4.78, 5) is 13.2. The van der Waals surface area contributed by atoms with Crippen molar-refractivity contribution in [3.8, 4) is 0 Å². The molecule has 140 valence electrons. The molecule has 2 rings (SSSR count). The van der Waals surface area contributed by atoms with Crippen LogP contribution in [-0.4, -0.2) is 67.6 Å². The third-order valence-corrected chi connectivity index (χ3v) is 3.60. The van der Waals surface area contributed by atoms with Gasteiger partial charge in [0.25, 0.3) is 5.92 Å². The summed E-state index contributed by atoms with van der Waals surface area (Å²) in [6.07, 6.45) is -0.588. The van der Waals surface area contributed by atoms with Crippen LogP contribution < -0.4 is 0 Å². The smallest absolute Gasteiger partial charge is 0.410 e. The summed E-state index contributed by atoms with van der Waals surface area (Å²) in [5, 5.41) is 8.55. The molecule has 1 aromatic rings. The maximum Gasteiger partial charge on any atom is 0.410 e. The first-order chi connectivity index (χ1) is 12.0.